The third-order valence-electron chi connectivity index (χ3n) is 3.76. The Bertz CT molecular complexity index is 805. The van der Waals surface area contributed by atoms with E-state index in [1.807, 2.05) is 6.07 Å². The van der Waals surface area contributed by atoms with Crippen molar-refractivity contribution in [2.75, 3.05) is 0 Å². The first-order valence-corrected chi connectivity index (χ1v) is 6.63. The topological polar surface area (TPSA) is 144 Å². The molecule has 3 rings (SSSR count). The Labute approximate surface area is 124 Å². The van der Waals surface area contributed by atoms with Crippen molar-refractivity contribution in [2.24, 2.45) is 0 Å². The lowest BCUT2D eigenvalue weighted by Crippen LogP contribution is -2.37. The van der Waals surface area contributed by atoms with Crippen molar-refractivity contribution in [1.82, 2.24) is 14.5 Å². The molecular weight excluding hydrogens is 292 g/mol. The van der Waals surface area contributed by atoms with E-state index in [0.717, 1.165) is 0 Å². The van der Waals surface area contributed by atoms with E-state index in [1.54, 1.807) is 0 Å². The molecule has 1 aliphatic rings. The fourth-order valence-corrected chi connectivity index (χ4v) is 2.69. The maximum Gasteiger partial charge on any atom is 0.261 e. The Hall–Kier alpha value is -2.25. The Balaban J connectivity index is 2.14. The highest BCUT2D eigenvalue weighted by molar-refractivity contribution is 5.82. The number of hydrogen-bond acceptors (Lipinski definition) is 7. The van der Waals surface area contributed by atoms with E-state index in [9.17, 15) is 20.1 Å². The Morgan fingerprint density at radius 2 is 2.23 bits per heavy atom. The molecule has 0 saturated carbocycles. The molecule has 9 heteroatoms. The van der Waals surface area contributed by atoms with Crippen LogP contribution in [-0.4, -0.2) is 54.3 Å². The molecule has 1 aliphatic heterocycles. The fourth-order valence-electron chi connectivity index (χ4n) is 2.69. The molecule has 4 N–H and O–H groups in total. The normalized spacial score (nSPS) is 29.6. The number of aliphatic hydroxyl groups excluding tert-OH is 3. The second kappa shape index (κ2) is 5.19. The van der Waals surface area contributed by atoms with Crippen LogP contribution in [0.2, 0.25) is 0 Å². The van der Waals surface area contributed by atoms with Gasteiger partial charge in [-0.2, -0.15) is 5.26 Å². The molecule has 0 spiro atoms. The van der Waals surface area contributed by atoms with Gasteiger partial charge in [-0.05, 0) is 6.92 Å². The smallest absolute Gasteiger partial charge is 0.261 e. The minimum atomic E-state index is -1.33. The fraction of sp³-hybridized carbons (Fsp3) is 0.462. The summed E-state index contributed by atoms with van der Waals surface area (Å²) in [7, 11) is 0. The van der Waals surface area contributed by atoms with Crippen LogP contribution in [0.3, 0.4) is 0 Å². The van der Waals surface area contributed by atoms with Gasteiger partial charge in [0.05, 0.1) is 18.0 Å². The van der Waals surface area contributed by atoms with Crippen LogP contribution in [0.15, 0.2) is 17.3 Å². The maximum atomic E-state index is 11.9. The Kier molecular flexibility index (Phi) is 3.46. The van der Waals surface area contributed by atoms with E-state index in [1.165, 1.54) is 24.0 Å². The van der Waals surface area contributed by atoms with E-state index < -0.39 is 36.2 Å². The van der Waals surface area contributed by atoms with Crippen molar-refractivity contribution < 1.29 is 20.1 Å². The van der Waals surface area contributed by atoms with Crippen molar-refractivity contribution in [3.63, 3.8) is 0 Å². The largest absolute Gasteiger partial charge is 0.391 e. The van der Waals surface area contributed by atoms with Gasteiger partial charge < -0.3 is 29.6 Å². The lowest BCUT2D eigenvalue weighted by atomic mass is 10.1. The number of nitriles is 1. The average molecular weight is 306 g/mol. The van der Waals surface area contributed by atoms with E-state index in [0.29, 0.717) is 0 Å². The van der Waals surface area contributed by atoms with Crippen molar-refractivity contribution in [2.45, 2.75) is 37.6 Å². The molecule has 9 nitrogen and oxygen atoms in total. The zero-order valence-electron chi connectivity index (χ0n) is 11.5. The van der Waals surface area contributed by atoms with Gasteiger partial charge in [0.15, 0.2) is 11.9 Å². The summed E-state index contributed by atoms with van der Waals surface area (Å²) in [5.41, 5.74) is -0.252. The van der Waals surface area contributed by atoms with Crippen LogP contribution in [0, 0.1) is 11.3 Å². The summed E-state index contributed by atoms with van der Waals surface area (Å²) in [6, 6.07) is 1.88. The van der Waals surface area contributed by atoms with Gasteiger partial charge in [0.1, 0.15) is 29.8 Å². The zero-order valence-corrected chi connectivity index (χ0v) is 11.5. The number of fused-ring (bicyclic) bond motifs is 1. The minimum Gasteiger partial charge on any atom is -0.391 e. The Morgan fingerprint density at radius 3 is 2.82 bits per heavy atom. The molecule has 22 heavy (non-hydrogen) atoms. The van der Waals surface area contributed by atoms with Gasteiger partial charge in [0, 0.05) is 6.20 Å². The summed E-state index contributed by atoms with van der Waals surface area (Å²) in [5, 5.41) is 38.9. The van der Waals surface area contributed by atoms with Crippen molar-refractivity contribution in [3.05, 3.63) is 28.4 Å². The second-order valence-electron chi connectivity index (χ2n) is 5.21. The first-order chi connectivity index (χ1) is 10.5. The third kappa shape index (κ3) is 2.01. The number of H-pyrrole nitrogens is 1. The number of hydrogen-bond donors (Lipinski definition) is 4. The molecule has 0 unspecified atom stereocenters. The van der Waals surface area contributed by atoms with Crippen LogP contribution in [0.4, 0.5) is 0 Å². The van der Waals surface area contributed by atoms with Gasteiger partial charge in [-0.1, -0.05) is 0 Å². The molecule has 2 aromatic heterocycles. The van der Waals surface area contributed by atoms with E-state index in [-0.39, 0.29) is 16.6 Å². The number of nitrogens with one attached hydrogen (secondary N) is 1. The molecule has 0 aromatic carbocycles. The molecule has 1 saturated heterocycles. The van der Waals surface area contributed by atoms with Crippen LogP contribution in [0.5, 0.6) is 0 Å². The minimum absolute atomic E-state index is 0.0788. The molecule has 3 heterocycles. The van der Waals surface area contributed by atoms with Gasteiger partial charge in [-0.15, -0.1) is 0 Å². The van der Waals surface area contributed by atoms with Gasteiger partial charge in [-0.25, -0.2) is 4.98 Å². The van der Waals surface area contributed by atoms with Gasteiger partial charge in [-0.3, -0.25) is 4.79 Å². The monoisotopic (exact) mass is 306 g/mol. The average Bonchev–Trinajstić information content (AvgIpc) is 2.99. The van der Waals surface area contributed by atoms with Crippen LogP contribution >= 0.6 is 0 Å². The van der Waals surface area contributed by atoms with Gasteiger partial charge >= 0.3 is 0 Å². The van der Waals surface area contributed by atoms with Crippen molar-refractivity contribution >= 4 is 11.0 Å². The van der Waals surface area contributed by atoms with Crippen LogP contribution < -0.4 is 5.56 Å². The van der Waals surface area contributed by atoms with Crippen molar-refractivity contribution in [1.29, 1.82) is 5.26 Å². The summed E-state index contributed by atoms with van der Waals surface area (Å²) in [5.74, 6) is 0. The summed E-state index contributed by atoms with van der Waals surface area (Å²) in [4.78, 5) is 18.2. The highest BCUT2D eigenvalue weighted by Crippen LogP contribution is 2.33. The highest BCUT2D eigenvalue weighted by atomic mass is 16.6. The summed E-state index contributed by atoms with van der Waals surface area (Å²) in [6.45, 7) is 1.43. The molecule has 0 radical (unpaired) electrons. The molecule has 0 bridgehead atoms. The van der Waals surface area contributed by atoms with Crippen LogP contribution in [-0.2, 0) is 4.74 Å². The highest BCUT2D eigenvalue weighted by Gasteiger charge is 2.46. The second-order valence-corrected chi connectivity index (χ2v) is 5.21. The van der Waals surface area contributed by atoms with E-state index in [2.05, 4.69) is 9.97 Å². The number of aromatic amines is 1. The molecular formula is C13H14N4O5. The summed E-state index contributed by atoms with van der Waals surface area (Å²) >= 11 is 0. The van der Waals surface area contributed by atoms with Crippen LogP contribution in [0.1, 0.15) is 18.7 Å². The summed E-state index contributed by atoms with van der Waals surface area (Å²) in [6.07, 6.45) is -3.16. The predicted octanol–water partition coefficient (Wildman–Crippen LogP) is -1.40. The quantitative estimate of drug-likeness (QED) is 0.533. The molecule has 5 atom stereocenters. The standard InChI is InChI=1S/C13H14N4O5/c1-5(18)10-8(19)9(20)13(22-10)17-3-6(2-14)7-11(17)15-4-16-12(7)21/h3-5,8-10,13,18-20H,1H3,(H,15,16,21)/t5-,8+,9-,10-,13-/m1/s1. The maximum absolute atomic E-state index is 11.9. The molecule has 0 amide bonds. The zero-order chi connectivity index (χ0) is 16.0. The van der Waals surface area contributed by atoms with Crippen LogP contribution in [0.25, 0.3) is 11.0 Å². The van der Waals surface area contributed by atoms with Crippen molar-refractivity contribution in [3.8, 4) is 6.07 Å². The first kappa shape index (κ1) is 14.7. The summed E-state index contributed by atoms with van der Waals surface area (Å²) < 4.78 is 6.81. The SMILES string of the molecule is C[C@@H](O)[C@H]1O[C@@H](n2cc(C#N)c3c(=O)[nH]cnc32)[C@H](O)[C@@H]1O. The third-order valence-corrected chi connectivity index (χ3v) is 3.76. The van der Waals surface area contributed by atoms with E-state index in [4.69, 9.17) is 10.00 Å². The predicted molar refractivity (Wildman–Crippen MR) is 72.7 cm³/mol. The number of ether oxygens (including phenoxy) is 1. The number of aromatic nitrogens is 3. The Morgan fingerprint density at radius 1 is 1.50 bits per heavy atom. The number of rotatable bonds is 2. The molecule has 1 fully saturated rings. The van der Waals surface area contributed by atoms with Gasteiger partial charge in [0.2, 0.25) is 0 Å². The lowest BCUT2D eigenvalue weighted by molar-refractivity contribution is -0.0776. The first-order valence-electron chi connectivity index (χ1n) is 6.63. The van der Waals surface area contributed by atoms with Gasteiger partial charge in [0.25, 0.3) is 5.56 Å². The number of aliphatic hydroxyl groups is 3. The number of nitrogens with zero attached hydrogens (tertiary/aromatic N) is 3. The van der Waals surface area contributed by atoms with E-state index >= 15 is 0 Å². The molecule has 2 aromatic rings. The lowest BCUT2D eigenvalue weighted by Gasteiger charge is -2.17. The molecule has 116 valence electrons. The molecule has 0 aliphatic carbocycles.